The molecule has 4 rings (SSSR count). The Balaban J connectivity index is 1.55. The lowest BCUT2D eigenvalue weighted by Crippen LogP contribution is -2.40. The second kappa shape index (κ2) is 5.26. The van der Waals surface area contributed by atoms with Crippen LogP contribution in [0.15, 0.2) is 12.3 Å². The number of carbonyl (C=O) groups excluding carboxylic acids is 1. The van der Waals surface area contributed by atoms with Gasteiger partial charge in [0.05, 0.1) is 0 Å². The molecule has 0 spiro atoms. The fourth-order valence-electron chi connectivity index (χ4n) is 3.83. The van der Waals surface area contributed by atoms with E-state index in [2.05, 4.69) is 21.4 Å². The van der Waals surface area contributed by atoms with Crippen LogP contribution in [0.1, 0.15) is 52.6 Å². The number of hydrogen-bond acceptors (Lipinski definition) is 3. The summed E-state index contributed by atoms with van der Waals surface area (Å²) in [5.41, 5.74) is 4.17. The minimum atomic E-state index is 0.0891. The van der Waals surface area contributed by atoms with Crippen LogP contribution in [-0.4, -0.2) is 43.9 Å². The monoisotopic (exact) mass is 299 g/mol. The van der Waals surface area contributed by atoms with E-state index >= 15 is 0 Å². The molecule has 1 fully saturated rings. The van der Waals surface area contributed by atoms with Gasteiger partial charge in [-0.05, 0) is 38.2 Å². The van der Waals surface area contributed by atoms with E-state index in [1.807, 2.05) is 22.8 Å². The first-order valence-electron chi connectivity index (χ1n) is 8.07. The lowest BCUT2D eigenvalue weighted by Gasteiger charge is -2.32. The van der Waals surface area contributed by atoms with Gasteiger partial charge in [-0.15, -0.1) is 0 Å². The summed E-state index contributed by atoms with van der Waals surface area (Å²) in [6.07, 6.45) is 7.10. The van der Waals surface area contributed by atoms with Crippen LogP contribution in [0.25, 0.3) is 0 Å². The maximum Gasteiger partial charge on any atom is 0.274 e. The van der Waals surface area contributed by atoms with Gasteiger partial charge in [-0.3, -0.25) is 14.6 Å². The largest absolute Gasteiger partial charge is 0.337 e. The number of carbonyl (C=O) groups is 1. The molecule has 22 heavy (non-hydrogen) atoms. The minimum Gasteiger partial charge on any atom is -0.337 e. The molecule has 1 amide bonds. The standard InChI is InChI=1S/C16H21N5O/c1-20-14(7-8-17-20)11-4-3-9-21(10-11)16(22)15-12-5-2-6-13(12)18-19-15/h7-8,11H,2-6,9-10H2,1H3,(H,18,19). The van der Waals surface area contributed by atoms with Gasteiger partial charge in [0, 0.05) is 49.2 Å². The Bertz CT molecular complexity index is 701. The van der Waals surface area contributed by atoms with E-state index in [0.29, 0.717) is 11.6 Å². The Morgan fingerprint density at radius 2 is 2.27 bits per heavy atom. The second-order valence-corrected chi connectivity index (χ2v) is 6.35. The van der Waals surface area contributed by atoms with Gasteiger partial charge in [0.15, 0.2) is 5.69 Å². The van der Waals surface area contributed by atoms with E-state index in [1.165, 1.54) is 5.69 Å². The maximum absolute atomic E-state index is 12.8. The molecule has 1 atom stereocenters. The molecule has 6 heteroatoms. The fraction of sp³-hybridized carbons (Fsp3) is 0.562. The van der Waals surface area contributed by atoms with Crippen LogP contribution < -0.4 is 0 Å². The lowest BCUT2D eigenvalue weighted by molar-refractivity contribution is 0.0697. The Kier molecular flexibility index (Phi) is 3.24. The third-order valence-corrected chi connectivity index (χ3v) is 4.99. The van der Waals surface area contributed by atoms with Gasteiger partial charge in [0.2, 0.25) is 0 Å². The molecule has 0 bridgehead atoms. The normalized spacial score (nSPS) is 21.1. The SMILES string of the molecule is Cn1nccc1C1CCCN(C(=O)c2n[nH]c3c2CCC3)C1. The van der Waals surface area contributed by atoms with Crippen LogP contribution in [-0.2, 0) is 19.9 Å². The number of aryl methyl sites for hydroxylation is 2. The highest BCUT2D eigenvalue weighted by Gasteiger charge is 2.31. The average molecular weight is 299 g/mol. The number of fused-ring (bicyclic) bond motifs is 1. The minimum absolute atomic E-state index is 0.0891. The number of piperidine rings is 1. The molecule has 2 aromatic heterocycles. The number of nitrogens with one attached hydrogen (secondary N) is 1. The molecule has 1 N–H and O–H groups in total. The Hall–Kier alpha value is -2.11. The quantitative estimate of drug-likeness (QED) is 0.917. The Labute approximate surface area is 129 Å². The van der Waals surface area contributed by atoms with Crippen molar-refractivity contribution in [3.8, 4) is 0 Å². The number of amides is 1. The number of H-pyrrole nitrogens is 1. The summed E-state index contributed by atoms with van der Waals surface area (Å²) in [4.78, 5) is 14.8. The van der Waals surface area contributed by atoms with Gasteiger partial charge in [-0.2, -0.15) is 10.2 Å². The zero-order chi connectivity index (χ0) is 15.1. The summed E-state index contributed by atoms with van der Waals surface area (Å²) in [6.45, 7) is 1.59. The molecular formula is C16H21N5O. The summed E-state index contributed by atoms with van der Waals surface area (Å²) in [5.74, 6) is 0.462. The van der Waals surface area contributed by atoms with E-state index in [-0.39, 0.29) is 5.91 Å². The highest BCUT2D eigenvalue weighted by atomic mass is 16.2. The predicted octanol–water partition coefficient (Wildman–Crippen LogP) is 1.65. The topological polar surface area (TPSA) is 66.8 Å². The summed E-state index contributed by atoms with van der Waals surface area (Å²) >= 11 is 0. The molecule has 1 aliphatic carbocycles. The van der Waals surface area contributed by atoms with Crippen molar-refractivity contribution in [3.63, 3.8) is 0 Å². The van der Waals surface area contributed by atoms with Crippen molar-refractivity contribution >= 4 is 5.91 Å². The predicted molar refractivity (Wildman–Crippen MR) is 81.7 cm³/mol. The third kappa shape index (κ3) is 2.14. The molecule has 2 aliphatic rings. The number of aromatic amines is 1. The van der Waals surface area contributed by atoms with Gasteiger partial charge in [0.1, 0.15) is 0 Å². The van der Waals surface area contributed by atoms with E-state index in [0.717, 1.165) is 56.5 Å². The first-order valence-corrected chi connectivity index (χ1v) is 8.07. The summed E-state index contributed by atoms with van der Waals surface area (Å²) in [7, 11) is 1.97. The van der Waals surface area contributed by atoms with Crippen molar-refractivity contribution in [3.05, 3.63) is 34.9 Å². The maximum atomic E-state index is 12.8. The molecule has 0 saturated carbocycles. The summed E-state index contributed by atoms with van der Waals surface area (Å²) in [6, 6.07) is 2.06. The molecule has 0 aromatic carbocycles. The van der Waals surface area contributed by atoms with Gasteiger partial charge in [-0.25, -0.2) is 0 Å². The molecule has 2 aromatic rings. The van der Waals surface area contributed by atoms with E-state index in [4.69, 9.17) is 0 Å². The molecule has 1 unspecified atom stereocenters. The smallest absolute Gasteiger partial charge is 0.274 e. The van der Waals surface area contributed by atoms with Crippen LogP contribution >= 0.6 is 0 Å². The zero-order valence-electron chi connectivity index (χ0n) is 12.9. The lowest BCUT2D eigenvalue weighted by atomic mass is 9.94. The van der Waals surface area contributed by atoms with E-state index in [9.17, 15) is 4.79 Å². The molecular weight excluding hydrogens is 278 g/mol. The Morgan fingerprint density at radius 3 is 3.09 bits per heavy atom. The Morgan fingerprint density at radius 1 is 1.36 bits per heavy atom. The van der Waals surface area contributed by atoms with Crippen molar-refractivity contribution in [2.24, 2.45) is 7.05 Å². The second-order valence-electron chi connectivity index (χ2n) is 6.35. The number of hydrogen-bond donors (Lipinski definition) is 1. The third-order valence-electron chi connectivity index (χ3n) is 4.99. The van der Waals surface area contributed by atoms with Crippen LogP contribution in [0.3, 0.4) is 0 Å². The summed E-state index contributed by atoms with van der Waals surface area (Å²) < 4.78 is 1.92. The van der Waals surface area contributed by atoms with Crippen molar-refractivity contribution < 1.29 is 4.79 Å². The van der Waals surface area contributed by atoms with Gasteiger partial charge < -0.3 is 4.90 Å². The molecule has 1 aliphatic heterocycles. The average Bonchev–Trinajstić information content (AvgIpc) is 3.22. The van der Waals surface area contributed by atoms with Crippen LogP contribution in [0.4, 0.5) is 0 Å². The van der Waals surface area contributed by atoms with Gasteiger partial charge in [0.25, 0.3) is 5.91 Å². The number of likely N-dealkylation sites (tertiary alicyclic amines) is 1. The van der Waals surface area contributed by atoms with E-state index in [1.54, 1.807) is 0 Å². The van der Waals surface area contributed by atoms with Crippen molar-refractivity contribution in [1.82, 2.24) is 24.9 Å². The number of nitrogens with zero attached hydrogens (tertiary/aromatic N) is 4. The van der Waals surface area contributed by atoms with Crippen molar-refractivity contribution in [2.45, 2.75) is 38.0 Å². The van der Waals surface area contributed by atoms with Crippen molar-refractivity contribution in [1.29, 1.82) is 0 Å². The molecule has 6 nitrogen and oxygen atoms in total. The van der Waals surface area contributed by atoms with Crippen LogP contribution in [0, 0.1) is 0 Å². The van der Waals surface area contributed by atoms with Crippen molar-refractivity contribution in [2.75, 3.05) is 13.1 Å². The zero-order valence-corrected chi connectivity index (χ0v) is 12.9. The van der Waals surface area contributed by atoms with Crippen LogP contribution in [0.2, 0.25) is 0 Å². The highest BCUT2D eigenvalue weighted by Crippen LogP contribution is 2.29. The molecule has 0 radical (unpaired) electrons. The highest BCUT2D eigenvalue weighted by molar-refractivity contribution is 5.94. The summed E-state index contributed by atoms with van der Waals surface area (Å²) in [5, 5.41) is 11.6. The first kappa shape index (κ1) is 13.5. The van der Waals surface area contributed by atoms with Gasteiger partial charge >= 0.3 is 0 Å². The van der Waals surface area contributed by atoms with Gasteiger partial charge in [-0.1, -0.05) is 0 Å². The van der Waals surface area contributed by atoms with E-state index < -0.39 is 0 Å². The van der Waals surface area contributed by atoms with Crippen LogP contribution in [0.5, 0.6) is 0 Å². The first-order chi connectivity index (χ1) is 10.7. The molecule has 1 saturated heterocycles. The number of rotatable bonds is 2. The number of aromatic nitrogens is 4. The molecule has 3 heterocycles. The fourth-order valence-corrected chi connectivity index (χ4v) is 3.83. The molecule has 116 valence electrons.